The fourth-order valence-electron chi connectivity index (χ4n) is 4.23. The molecule has 1 heterocycles. The molecule has 0 aliphatic carbocycles. The van der Waals surface area contributed by atoms with E-state index in [-0.39, 0.29) is 5.91 Å². The van der Waals surface area contributed by atoms with Gasteiger partial charge in [-0.25, -0.2) is 4.98 Å². The maximum absolute atomic E-state index is 12.3. The molecule has 0 bridgehead atoms. The average Bonchev–Trinajstić information content (AvgIpc) is 3.25. The fraction of sp³-hybridized carbons (Fsp3) is 0.133. The SMILES string of the molecule is O=C(/C=C/c1ccccc1)NCCc1nc2ccccc2n1CCOc1cccc2ccccc12. The highest BCUT2D eigenvalue weighted by Gasteiger charge is 2.11. The Kier molecular flexibility index (Phi) is 6.85. The van der Waals surface area contributed by atoms with Crippen LogP contribution in [0.15, 0.2) is 103 Å². The minimum atomic E-state index is -0.115. The van der Waals surface area contributed by atoms with Crippen LogP contribution in [-0.2, 0) is 17.8 Å². The molecule has 0 atom stereocenters. The average molecular weight is 462 g/mol. The van der Waals surface area contributed by atoms with E-state index in [4.69, 9.17) is 9.72 Å². The summed E-state index contributed by atoms with van der Waals surface area (Å²) in [5.74, 6) is 1.70. The van der Waals surface area contributed by atoms with Crippen molar-refractivity contribution in [3.63, 3.8) is 0 Å². The van der Waals surface area contributed by atoms with Gasteiger partial charge in [0.15, 0.2) is 0 Å². The van der Waals surface area contributed by atoms with E-state index in [0.29, 0.717) is 26.1 Å². The molecule has 5 rings (SSSR count). The van der Waals surface area contributed by atoms with Gasteiger partial charge in [-0.05, 0) is 35.2 Å². The zero-order chi connectivity index (χ0) is 23.9. The van der Waals surface area contributed by atoms with Crippen molar-refractivity contribution >= 4 is 33.8 Å². The molecule has 0 saturated carbocycles. The van der Waals surface area contributed by atoms with Crippen LogP contribution < -0.4 is 10.1 Å². The van der Waals surface area contributed by atoms with Gasteiger partial charge in [-0.15, -0.1) is 0 Å². The number of para-hydroxylation sites is 2. The van der Waals surface area contributed by atoms with Gasteiger partial charge in [0.2, 0.25) is 5.91 Å². The lowest BCUT2D eigenvalue weighted by atomic mass is 10.1. The number of amides is 1. The summed E-state index contributed by atoms with van der Waals surface area (Å²) in [6.07, 6.45) is 4.01. The molecule has 0 saturated heterocycles. The van der Waals surface area contributed by atoms with Crippen molar-refractivity contribution < 1.29 is 9.53 Å². The zero-order valence-corrected chi connectivity index (χ0v) is 19.4. The highest BCUT2D eigenvalue weighted by molar-refractivity contribution is 5.91. The molecule has 0 radical (unpaired) electrons. The number of aromatic nitrogens is 2. The maximum atomic E-state index is 12.3. The first-order valence-corrected chi connectivity index (χ1v) is 11.8. The molecule has 1 N–H and O–H groups in total. The van der Waals surface area contributed by atoms with Gasteiger partial charge in [0.1, 0.15) is 18.2 Å². The fourth-order valence-corrected chi connectivity index (χ4v) is 4.23. The van der Waals surface area contributed by atoms with Gasteiger partial charge in [-0.1, -0.05) is 78.9 Å². The number of fused-ring (bicyclic) bond motifs is 2. The first kappa shape index (κ1) is 22.4. The van der Waals surface area contributed by atoms with E-state index in [0.717, 1.165) is 38.9 Å². The van der Waals surface area contributed by atoms with Crippen LogP contribution >= 0.6 is 0 Å². The van der Waals surface area contributed by atoms with Crippen LogP contribution in [-0.4, -0.2) is 28.6 Å². The van der Waals surface area contributed by atoms with Crippen molar-refractivity contribution in [3.05, 3.63) is 115 Å². The number of carbonyl (C=O) groups is 1. The molecule has 0 unspecified atom stereocenters. The van der Waals surface area contributed by atoms with Gasteiger partial charge >= 0.3 is 0 Å². The summed E-state index contributed by atoms with van der Waals surface area (Å²) in [6, 6.07) is 32.2. The number of benzene rings is 4. The summed E-state index contributed by atoms with van der Waals surface area (Å²) in [6.45, 7) is 1.69. The Balaban J connectivity index is 1.24. The molecule has 4 aromatic carbocycles. The highest BCUT2D eigenvalue weighted by Crippen LogP contribution is 2.25. The lowest BCUT2D eigenvalue weighted by Crippen LogP contribution is -2.25. The second-order valence-electron chi connectivity index (χ2n) is 8.28. The van der Waals surface area contributed by atoms with E-state index in [1.54, 1.807) is 6.08 Å². The summed E-state index contributed by atoms with van der Waals surface area (Å²) in [5.41, 5.74) is 3.01. The first-order chi connectivity index (χ1) is 17.3. The molecular formula is C30H27N3O2. The molecule has 1 aromatic heterocycles. The summed E-state index contributed by atoms with van der Waals surface area (Å²) < 4.78 is 8.37. The molecule has 0 aliphatic rings. The molecule has 1 amide bonds. The number of nitrogens with one attached hydrogen (secondary N) is 1. The third kappa shape index (κ3) is 5.41. The molecule has 35 heavy (non-hydrogen) atoms. The standard InChI is InChI=1S/C30H27N3O2/c34-30(18-17-23-9-2-1-3-10-23)31-20-19-29-32-26-14-6-7-15-27(26)33(29)21-22-35-28-16-8-12-24-11-4-5-13-25(24)28/h1-18H,19-22H2,(H,31,34)/b18-17+. The molecule has 5 nitrogen and oxygen atoms in total. The molecule has 0 spiro atoms. The Hall–Kier alpha value is -4.38. The van der Waals surface area contributed by atoms with Crippen LogP contribution in [0.2, 0.25) is 0 Å². The predicted molar refractivity (Wildman–Crippen MR) is 141 cm³/mol. The van der Waals surface area contributed by atoms with E-state index >= 15 is 0 Å². The van der Waals surface area contributed by atoms with Crippen LogP contribution in [0.3, 0.4) is 0 Å². The second kappa shape index (κ2) is 10.7. The van der Waals surface area contributed by atoms with Crippen molar-refractivity contribution in [2.45, 2.75) is 13.0 Å². The third-order valence-electron chi connectivity index (χ3n) is 5.93. The zero-order valence-electron chi connectivity index (χ0n) is 19.4. The van der Waals surface area contributed by atoms with Crippen LogP contribution in [0.25, 0.3) is 27.9 Å². The van der Waals surface area contributed by atoms with Crippen molar-refractivity contribution in [1.82, 2.24) is 14.9 Å². The van der Waals surface area contributed by atoms with Crippen molar-refractivity contribution in [1.29, 1.82) is 0 Å². The van der Waals surface area contributed by atoms with E-state index in [2.05, 4.69) is 34.1 Å². The highest BCUT2D eigenvalue weighted by atomic mass is 16.5. The third-order valence-corrected chi connectivity index (χ3v) is 5.93. The summed E-state index contributed by atoms with van der Waals surface area (Å²) in [5, 5.41) is 5.24. The lowest BCUT2D eigenvalue weighted by Gasteiger charge is -2.12. The number of hydrogen-bond donors (Lipinski definition) is 1. The van der Waals surface area contributed by atoms with Crippen LogP contribution in [0, 0.1) is 0 Å². The number of imidazole rings is 1. The normalized spacial score (nSPS) is 11.3. The largest absolute Gasteiger partial charge is 0.491 e. The first-order valence-electron chi connectivity index (χ1n) is 11.8. The predicted octanol–water partition coefficient (Wildman–Crippen LogP) is 5.64. The van der Waals surface area contributed by atoms with Gasteiger partial charge in [-0.3, -0.25) is 4.79 Å². The van der Waals surface area contributed by atoms with Gasteiger partial charge < -0.3 is 14.6 Å². The van der Waals surface area contributed by atoms with Gasteiger partial charge in [0, 0.05) is 24.4 Å². The quantitative estimate of drug-likeness (QED) is 0.289. The van der Waals surface area contributed by atoms with Gasteiger partial charge in [0.25, 0.3) is 0 Å². The van der Waals surface area contributed by atoms with Crippen LogP contribution in [0.4, 0.5) is 0 Å². The Labute approximate surface area is 204 Å². The number of nitrogens with zero attached hydrogens (tertiary/aromatic N) is 2. The maximum Gasteiger partial charge on any atom is 0.244 e. The Bertz CT molecular complexity index is 1470. The van der Waals surface area contributed by atoms with E-state index < -0.39 is 0 Å². The monoisotopic (exact) mass is 461 g/mol. The Morgan fingerprint density at radius 1 is 0.886 bits per heavy atom. The summed E-state index contributed by atoms with van der Waals surface area (Å²) in [4.78, 5) is 17.1. The Morgan fingerprint density at radius 3 is 2.57 bits per heavy atom. The summed E-state index contributed by atoms with van der Waals surface area (Å²) >= 11 is 0. The van der Waals surface area contributed by atoms with E-state index in [1.807, 2.05) is 78.9 Å². The number of carbonyl (C=O) groups excluding carboxylic acids is 1. The molecule has 5 heteroatoms. The minimum absolute atomic E-state index is 0.115. The van der Waals surface area contributed by atoms with E-state index in [9.17, 15) is 4.79 Å². The van der Waals surface area contributed by atoms with Crippen LogP contribution in [0.5, 0.6) is 5.75 Å². The topological polar surface area (TPSA) is 56.2 Å². The molecule has 0 fully saturated rings. The molecular weight excluding hydrogens is 434 g/mol. The van der Waals surface area contributed by atoms with Crippen molar-refractivity contribution in [2.24, 2.45) is 0 Å². The molecule has 5 aromatic rings. The molecule has 0 aliphatic heterocycles. The minimum Gasteiger partial charge on any atom is -0.491 e. The van der Waals surface area contributed by atoms with Gasteiger partial charge in [0.05, 0.1) is 17.6 Å². The molecule has 174 valence electrons. The van der Waals surface area contributed by atoms with Crippen LogP contribution in [0.1, 0.15) is 11.4 Å². The lowest BCUT2D eigenvalue weighted by molar-refractivity contribution is -0.116. The number of ether oxygens (including phenoxy) is 1. The smallest absolute Gasteiger partial charge is 0.244 e. The van der Waals surface area contributed by atoms with Crippen molar-refractivity contribution in [2.75, 3.05) is 13.2 Å². The van der Waals surface area contributed by atoms with Gasteiger partial charge in [-0.2, -0.15) is 0 Å². The number of hydrogen-bond acceptors (Lipinski definition) is 3. The number of rotatable bonds is 9. The van der Waals surface area contributed by atoms with Crippen molar-refractivity contribution in [3.8, 4) is 5.75 Å². The van der Waals surface area contributed by atoms with E-state index in [1.165, 1.54) is 0 Å². The Morgan fingerprint density at radius 2 is 1.66 bits per heavy atom. The summed E-state index contributed by atoms with van der Waals surface area (Å²) in [7, 11) is 0. The second-order valence-corrected chi connectivity index (χ2v) is 8.28.